The van der Waals surface area contributed by atoms with E-state index < -0.39 is 0 Å². The van der Waals surface area contributed by atoms with E-state index in [1.807, 2.05) is 84.4 Å². The number of carbonyl (C=O) groups is 1. The lowest BCUT2D eigenvalue weighted by Gasteiger charge is -2.13. The molecule has 3 N–H and O–H groups in total. The standard InChI is InChI=1S/C23H20N4OS4/c1-15(21(28)27-23-26-19(14-31-23)20-11-6-12-30-20)32-18-10-5-9-17(13-18)25-22(29)24-16-7-3-2-4-8-16/h2-15H,1H3,(H2,24,25,29)(H,26,27,28). The van der Waals surface area contributed by atoms with Crippen molar-refractivity contribution in [2.45, 2.75) is 17.1 Å². The molecule has 4 aromatic rings. The topological polar surface area (TPSA) is 66.0 Å². The van der Waals surface area contributed by atoms with Gasteiger partial charge in [-0.3, -0.25) is 4.79 Å². The maximum absolute atomic E-state index is 12.7. The number of carbonyl (C=O) groups excluding carboxylic acids is 1. The lowest BCUT2D eigenvalue weighted by molar-refractivity contribution is -0.115. The largest absolute Gasteiger partial charge is 0.332 e. The van der Waals surface area contributed by atoms with Crippen molar-refractivity contribution in [2.75, 3.05) is 16.0 Å². The number of para-hydroxylation sites is 1. The molecule has 0 radical (unpaired) electrons. The Labute approximate surface area is 204 Å². The first kappa shape index (κ1) is 22.5. The fourth-order valence-electron chi connectivity index (χ4n) is 2.80. The van der Waals surface area contributed by atoms with Crippen molar-refractivity contribution in [1.82, 2.24) is 4.98 Å². The molecule has 0 spiro atoms. The summed E-state index contributed by atoms with van der Waals surface area (Å²) in [5.41, 5.74) is 2.67. The van der Waals surface area contributed by atoms with Gasteiger partial charge in [0.1, 0.15) is 0 Å². The highest BCUT2D eigenvalue weighted by Gasteiger charge is 2.17. The fourth-order valence-corrected chi connectivity index (χ4v) is 5.43. The SMILES string of the molecule is CC(Sc1cccc(NC(=S)Nc2ccccc2)c1)C(=O)Nc1nc(-c2cccs2)cs1. The zero-order chi connectivity index (χ0) is 22.3. The van der Waals surface area contributed by atoms with Crippen LogP contribution < -0.4 is 16.0 Å². The Morgan fingerprint density at radius 3 is 2.53 bits per heavy atom. The normalized spacial score (nSPS) is 11.5. The molecule has 0 aliphatic rings. The van der Waals surface area contributed by atoms with Gasteiger partial charge in [0.15, 0.2) is 10.2 Å². The molecule has 1 unspecified atom stereocenters. The highest BCUT2D eigenvalue weighted by molar-refractivity contribution is 8.00. The van der Waals surface area contributed by atoms with Gasteiger partial charge in [-0.25, -0.2) is 4.98 Å². The van der Waals surface area contributed by atoms with Crippen LogP contribution in [-0.2, 0) is 4.79 Å². The van der Waals surface area contributed by atoms with Gasteiger partial charge in [-0.2, -0.15) is 0 Å². The Kier molecular flexibility index (Phi) is 7.54. The molecular formula is C23H20N4OS4. The van der Waals surface area contributed by atoms with E-state index in [1.165, 1.54) is 23.1 Å². The van der Waals surface area contributed by atoms with E-state index in [9.17, 15) is 4.79 Å². The smallest absolute Gasteiger partial charge is 0.239 e. The number of aromatic nitrogens is 1. The maximum Gasteiger partial charge on any atom is 0.239 e. The van der Waals surface area contributed by atoms with Gasteiger partial charge < -0.3 is 16.0 Å². The number of amides is 1. The first-order valence-corrected chi connectivity index (χ1v) is 12.8. The van der Waals surface area contributed by atoms with Crippen molar-refractivity contribution in [2.24, 2.45) is 0 Å². The predicted molar refractivity (Wildman–Crippen MR) is 142 cm³/mol. The lowest BCUT2D eigenvalue weighted by Crippen LogP contribution is -2.22. The summed E-state index contributed by atoms with van der Waals surface area (Å²) in [6, 6.07) is 21.6. The Balaban J connectivity index is 1.32. The molecule has 4 rings (SSSR count). The second-order valence-corrected chi connectivity index (χ2v) is 10.4. The van der Waals surface area contributed by atoms with Gasteiger partial charge in [-0.05, 0) is 60.9 Å². The number of hydrogen-bond donors (Lipinski definition) is 3. The molecule has 2 heterocycles. The number of thiocarbonyl (C=S) groups is 1. The van der Waals surface area contributed by atoms with Crippen LogP contribution >= 0.6 is 46.7 Å². The molecule has 9 heteroatoms. The number of rotatable bonds is 7. The fraction of sp³-hybridized carbons (Fsp3) is 0.0870. The molecule has 0 bridgehead atoms. The van der Waals surface area contributed by atoms with E-state index in [-0.39, 0.29) is 11.2 Å². The van der Waals surface area contributed by atoms with Crippen LogP contribution in [0.1, 0.15) is 6.92 Å². The number of thioether (sulfide) groups is 1. The number of benzene rings is 2. The average Bonchev–Trinajstić information content (AvgIpc) is 3.46. The van der Waals surface area contributed by atoms with E-state index >= 15 is 0 Å². The van der Waals surface area contributed by atoms with Crippen LogP contribution in [0, 0.1) is 0 Å². The van der Waals surface area contributed by atoms with Crippen LogP contribution in [0.15, 0.2) is 82.4 Å². The summed E-state index contributed by atoms with van der Waals surface area (Å²) < 4.78 is 0. The Bertz CT molecular complexity index is 1190. The molecule has 1 amide bonds. The van der Waals surface area contributed by atoms with Crippen LogP contribution in [0.2, 0.25) is 0 Å². The molecule has 32 heavy (non-hydrogen) atoms. The summed E-state index contributed by atoms with van der Waals surface area (Å²) in [7, 11) is 0. The molecule has 2 aromatic carbocycles. The van der Waals surface area contributed by atoms with Crippen molar-refractivity contribution in [3.05, 3.63) is 77.5 Å². The van der Waals surface area contributed by atoms with Crippen molar-refractivity contribution in [3.8, 4) is 10.6 Å². The van der Waals surface area contributed by atoms with Gasteiger partial charge in [0, 0.05) is 21.7 Å². The third-order valence-electron chi connectivity index (χ3n) is 4.31. The molecule has 2 aromatic heterocycles. The Hall–Kier alpha value is -2.72. The molecule has 1 atom stereocenters. The summed E-state index contributed by atoms with van der Waals surface area (Å²) in [5, 5.41) is 14.1. The molecule has 162 valence electrons. The van der Waals surface area contributed by atoms with E-state index in [4.69, 9.17) is 12.2 Å². The van der Waals surface area contributed by atoms with E-state index in [1.54, 1.807) is 11.3 Å². The second-order valence-electron chi connectivity index (χ2n) is 6.74. The van der Waals surface area contributed by atoms with Crippen LogP contribution in [0.5, 0.6) is 0 Å². The van der Waals surface area contributed by atoms with Crippen LogP contribution in [0.4, 0.5) is 16.5 Å². The quantitative estimate of drug-likeness (QED) is 0.193. The minimum atomic E-state index is -0.284. The van der Waals surface area contributed by atoms with E-state index in [0.29, 0.717) is 10.2 Å². The van der Waals surface area contributed by atoms with Crippen LogP contribution in [-0.4, -0.2) is 21.3 Å². The summed E-state index contributed by atoms with van der Waals surface area (Å²) in [5.74, 6) is -0.0818. The van der Waals surface area contributed by atoms with Crippen molar-refractivity contribution >= 4 is 74.2 Å². The maximum atomic E-state index is 12.7. The average molecular weight is 497 g/mol. The van der Waals surface area contributed by atoms with Crippen molar-refractivity contribution < 1.29 is 4.79 Å². The molecule has 5 nitrogen and oxygen atoms in total. The minimum Gasteiger partial charge on any atom is -0.332 e. The Morgan fingerprint density at radius 2 is 1.75 bits per heavy atom. The van der Waals surface area contributed by atoms with Crippen molar-refractivity contribution in [1.29, 1.82) is 0 Å². The molecule has 0 saturated heterocycles. The zero-order valence-electron chi connectivity index (χ0n) is 17.1. The lowest BCUT2D eigenvalue weighted by atomic mass is 10.3. The third-order valence-corrected chi connectivity index (χ3v) is 7.26. The van der Waals surface area contributed by atoms with Crippen LogP contribution in [0.25, 0.3) is 10.6 Å². The molecule has 0 aliphatic carbocycles. The zero-order valence-corrected chi connectivity index (χ0v) is 20.3. The summed E-state index contributed by atoms with van der Waals surface area (Å²) in [6.45, 7) is 1.88. The second kappa shape index (κ2) is 10.7. The number of thiazole rings is 1. The Morgan fingerprint density at radius 1 is 0.969 bits per heavy atom. The summed E-state index contributed by atoms with van der Waals surface area (Å²) >= 11 is 9.94. The monoisotopic (exact) mass is 496 g/mol. The first-order chi connectivity index (χ1) is 15.6. The molecule has 0 saturated carbocycles. The predicted octanol–water partition coefficient (Wildman–Crippen LogP) is 6.80. The highest BCUT2D eigenvalue weighted by atomic mass is 32.2. The first-order valence-electron chi connectivity index (χ1n) is 9.77. The molecule has 0 fully saturated rings. The number of nitrogens with zero attached hydrogens (tertiary/aromatic N) is 1. The summed E-state index contributed by atoms with van der Waals surface area (Å²) in [6.07, 6.45) is 0. The number of thiophene rings is 1. The van der Waals surface area contributed by atoms with E-state index in [0.717, 1.165) is 26.8 Å². The summed E-state index contributed by atoms with van der Waals surface area (Å²) in [4.78, 5) is 19.3. The van der Waals surface area contributed by atoms with E-state index in [2.05, 4.69) is 20.9 Å². The van der Waals surface area contributed by atoms with Gasteiger partial charge in [0.2, 0.25) is 5.91 Å². The van der Waals surface area contributed by atoms with Gasteiger partial charge in [0.05, 0.1) is 15.8 Å². The van der Waals surface area contributed by atoms with Gasteiger partial charge >= 0.3 is 0 Å². The van der Waals surface area contributed by atoms with Gasteiger partial charge in [0.25, 0.3) is 0 Å². The van der Waals surface area contributed by atoms with Crippen LogP contribution in [0.3, 0.4) is 0 Å². The molecule has 0 aliphatic heterocycles. The number of anilines is 3. The van der Waals surface area contributed by atoms with Gasteiger partial charge in [-0.15, -0.1) is 34.4 Å². The highest BCUT2D eigenvalue weighted by Crippen LogP contribution is 2.30. The van der Waals surface area contributed by atoms with Gasteiger partial charge in [-0.1, -0.05) is 30.3 Å². The number of hydrogen-bond acceptors (Lipinski definition) is 6. The van der Waals surface area contributed by atoms with Crippen molar-refractivity contribution in [3.63, 3.8) is 0 Å². The molecular weight excluding hydrogens is 477 g/mol. The third kappa shape index (κ3) is 6.17. The number of nitrogens with one attached hydrogen (secondary N) is 3. The minimum absolute atomic E-state index is 0.0818.